The zero-order valence-corrected chi connectivity index (χ0v) is 12.2. The van der Waals surface area contributed by atoms with Gasteiger partial charge in [-0.2, -0.15) is 5.10 Å². The van der Waals surface area contributed by atoms with Crippen LogP contribution in [0.3, 0.4) is 0 Å². The molecule has 1 unspecified atom stereocenters. The van der Waals surface area contributed by atoms with Crippen LogP contribution in [-0.2, 0) is 18.3 Å². The molecule has 0 saturated heterocycles. The standard InChI is InChI=1S/C14H26N4O/c1-11(2)8-12(10-15)9-14(19)16-6-4-13-5-7-18(3)17-13/h5,7,11-12H,4,6,8-10,15H2,1-3H3,(H,16,19). The first-order valence-corrected chi connectivity index (χ1v) is 6.96. The van der Waals surface area contributed by atoms with Crippen LogP contribution in [0.1, 0.15) is 32.4 Å². The van der Waals surface area contributed by atoms with E-state index >= 15 is 0 Å². The fraction of sp³-hybridized carbons (Fsp3) is 0.714. The minimum atomic E-state index is 0.0898. The van der Waals surface area contributed by atoms with E-state index in [4.69, 9.17) is 5.73 Å². The van der Waals surface area contributed by atoms with Gasteiger partial charge in [0.25, 0.3) is 0 Å². The van der Waals surface area contributed by atoms with Gasteiger partial charge in [0, 0.05) is 32.6 Å². The van der Waals surface area contributed by atoms with Crippen LogP contribution >= 0.6 is 0 Å². The van der Waals surface area contributed by atoms with Gasteiger partial charge < -0.3 is 11.1 Å². The maximum absolute atomic E-state index is 11.8. The Balaban J connectivity index is 2.23. The van der Waals surface area contributed by atoms with Crippen molar-refractivity contribution in [2.45, 2.75) is 33.1 Å². The third-order valence-electron chi connectivity index (χ3n) is 3.08. The molecule has 1 aromatic rings. The molecule has 0 radical (unpaired) electrons. The molecule has 3 N–H and O–H groups in total. The molecule has 0 bridgehead atoms. The number of hydrogen-bond acceptors (Lipinski definition) is 3. The maximum Gasteiger partial charge on any atom is 0.220 e. The Labute approximate surface area is 115 Å². The Bertz CT molecular complexity index is 387. The number of aromatic nitrogens is 2. The van der Waals surface area contributed by atoms with Crippen molar-refractivity contribution in [1.29, 1.82) is 0 Å². The van der Waals surface area contributed by atoms with Crippen LogP contribution in [0.25, 0.3) is 0 Å². The zero-order chi connectivity index (χ0) is 14.3. The first-order chi connectivity index (χ1) is 9.01. The quantitative estimate of drug-likeness (QED) is 0.740. The van der Waals surface area contributed by atoms with E-state index in [0.717, 1.165) is 18.5 Å². The molecule has 0 saturated carbocycles. The van der Waals surface area contributed by atoms with Crippen LogP contribution in [0.4, 0.5) is 0 Å². The Morgan fingerprint density at radius 2 is 2.26 bits per heavy atom. The summed E-state index contributed by atoms with van der Waals surface area (Å²) in [6, 6.07) is 1.97. The summed E-state index contributed by atoms with van der Waals surface area (Å²) in [4.78, 5) is 11.8. The molecule has 0 aliphatic heterocycles. The lowest BCUT2D eigenvalue weighted by Crippen LogP contribution is -2.30. The average Bonchev–Trinajstić information content (AvgIpc) is 2.73. The molecular formula is C14H26N4O. The molecule has 1 heterocycles. The molecule has 5 nitrogen and oxygen atoms in total. The molecule has 5 heteroatoms. The van der Waals surface area contributed by atoms with Crippen molar-refractivity contribution < 1.29 is 4.79 Å². The zero-order valence-electron chi connectivity index (χ0n) is 12.2. The number of carbonyl (C=O) groups excluding carboxylic acids is 1. The first-order valence-electron chi connectivity index (χ1n) is 6.96. The number of rotatable bonds is 8. The number of nitrogens with zero attached hydrogens (tertiary/aromatic N) is 2. The monoisotopic (exact) mass is 266 g/mol. The van der Waals surface area contributed by atoms with Gasteiger partial charge in [0.1, 0.15) is 0 Å². The molecule has 108 valence electrons. The molecule has 0 fully saturated rings. The third kappa shape index (κ3) is 6.38. The molecule has 0 aliphatic rings. The van der Waals surface area contributed by atoms with E-state index in [0.29, 0.717) is 25.4 Å². The first kappa shape index (κ1) is 15.7. The van der Waals surface area contributed by atoms with Gasteiger partial charge in [0.15, 0.2) is 0 Å². The number of amides is 1. The fourth-order valence-electron chi connectivity index (χ4n) is 2.19. The second-order valence-electron chi connectivity index (χ2n) is 5.52. The largest absolute Gasteiger partial charge is 0.356 e. The van der Waals surface area contributed by atoms with Crippen molar-refractivity contribution in [3.63, 3.8) is 0 Å². The summed E-state index contributed by atoms with van der Waals surface area (Å²) in [5, 5.41) is 7.20. The van der Waals surface area contributed by atoms with E-state index in [1.165, 1.54) is 0 Å². The molecule has 1 rings (SSSR count). The highest BCUT2D eigenvalue weighted by molar-refractivity contribution is 5.76. The molecule has 1 aromatic heterocycles. The van der Waals surface area contributed by atoms with Gasteiger partial charge in [0.2, 0.25) is 5.91 Å². The number of nitrogens with one attached hydrogen (secondary N) is 1. The summed E-state index contributed by atoms with van der Waals surface area (Å²) in [6.07, 6.45) is 4.20. The van der Waals surface area contributed by atoms with E-state index < -0.39 is 0 Å². The van der Waals surface area contributed by atoms with Crippen LogP contribution in [0.2, 0.25) is 0 Å². The average molecular weight is 266 g/mol. The number of hydrogen-bond donors (Lipinski definition) is 2. The highest BCUT2D eigenvalue weighted by Crippen LogP contribution is 2.13. The van der Waals surface area contributed by atoms with Gasteiger partial charge in [-0.25, -0.2) is 0 Å². The highest BCUT2D eigenvalue weighted by Gasteiger charge is 2.13. The summed E-state index contributed by atoms with van der Waals surface area (Å²) < 4.78 is 1.77. The van der Waals surface area contributed by atoms with Crippen molar-refractivity contribution in [2.75, 3.05) is 13.1 Å². The summed E-state index contributed by atoms with van der Waals surface area (Å²) in [5.41, 5.74) is 6.70. The lowest BCUT2D eigenvalue weighted by atomic mass is 9.94. The van der Waals surface area contributed by atoms with E-state index in [-0.39, 0.29) is 11.8 Å². The molecule has 19 heavy (non-hydrogen) atoms. The van der Waals surface area contributed by atoms with Crippen molar-refractivity contribution in [3.05, 3.63) is 18.0 Å². The molecule has 1 atom stereocenters. The lowest BCUT2D eigenvalue weighted by molar-refractivity contribution is -0.122. The van der Waals surface area contributed by atoms with Crippen LogP contribution in [0.5, 0.6) is 0 Å². The van der Waals surface area contributed by atoms with Gasteiger partial charge in [-0.1, -0.05) is 13.8 Å². The van der Waals surface area contributed by atoms with E-state index in [1.807, 2.05) is 19.3 Å². The number of nitrogens with two attached hydrogens (primary N) is 1. The summed E-state index contributed by atoms with van der Waals surface area (Å²) >= 11 is 0. The Hall–Kier alpha value is -1.36. The van der Waals surface area contributed by atoms with Crippen LogP contribution in [-0.4, -0.2) is 28.8 Å². The number of carbonyl (C=O) groups is 1. The molecular weight excluding hydrogens is 240 g/mol. The van der Waals surface area contributed by atoms with Crippen LogP contribution in [0, 0.1) is 11.8 Å². The highest BCUT2D eigenvalue weighted by atomic mass is 16.1. The third-order valence-corrected chi connectivity index (χ3v) is 3.08. The Morgan fingerprint density at radius 1 is 1.53 bits per heavy atom. The minimum absolute atomic E-state index is 0.0898. The minimum Gasteiger partial charge on any atom is -0.356 e. The Morgan fingerprint density at radius 3 is 2.79 bits per heavy atom. The normalized spacial score (nSPS) is 12.7. The van der Waals surface area contributed by atoms with Crippen molar-refractivity contribution in [1.82, 2.24) is 15.1 Å². The topological polar surface area (TPSA) is 72.9 Å². The van der Waals surface area contributed by atoms with Crippen molar-refractivity contribution in [3.8, 4) is 0 Å². The van der Waals surface area contributed by atoms with Gasteiger partial charge in [-0.15, -0.1) is 0 Å². The molecule has 0 aliphatic carbocycles. The lowest BCUT2D eigenvalue weighted by Gasteiger charge is -2.16. The smallest absolute Gasteiger partial charge is 0.220 e. The van der Waals surface area contributed by atoms with Gasteiger partial charge in [-0.05, 0) is 30.9 Å². The molecule has 0 aromatic carbocycles. The van der Waals surface area contributed by atoms with Crippen molar-refractivity contribution >= 4 is 5.91 Å². The van der Waals surface area contributed by atoms with E-state index in [1.54, 1.807) is 4.68 Å². The summed E-state index contributed by atoms with van der Waals surface area (Å²) in [7, 11) is 1.89. The van der Waals surface area contributed by atoms with Gasteiger partial charge in [-0.3, -0.25) is 9.48 Å². The second-order valence-corrected chi connectivity index (χ2v) is 5.52. The van der Waals surface area contributed by atoms with Gasteiger partial charge >= 0.3 is 0 Å². The van der Waals surface area contributed by atoms with Crippen molar-refractivity contribution in [2.24, 2.45) is 24.6 Å². The Kier molecular flexibility index (Phi) is 6.56. The molecule has 1 amide bonds. The predicted molar refractivity (Wildman–Crippen MR) is 76.5 cm³/mol. The maximum atomic E-state index is 11.8. The fourth-order valence-corrected chi connectivity index (χ4v) is 2.19. The summed E-state index contributed by atoms with van der Waals surface area (Å²) in [6.45, 7) is 5.52. The van der Waals surface area contributed by atoms with Crippen LogP contribution < -0.4 is 11.1 Å². The number of aryl methyl sites for hydroxylation is 1. The SMILES string of the molecule is CC(C)CC(CN)CC(=O)NCCc1ccn(C)n1. The van der Waals surface area contributed by atoms with E-state index in [9.17, 15) is 4.79 Å². The molecule has 0 spiro atoms. The summed E-state index contributed by atoms with van der Waals surface area (Å²) in [5.74, 6) is 0.955. The van der Waals surface area contributed by atoms with E-state index in [2.05, 4.69) is 24.3 Å². The second kappa shape index (κ2) is 7.94. The van der Waals surface area contributed by atoms with Crippen LogP contribution in [0.15, 0.2) is 12.3 Å². The predicted octanol–water partition coefficient (Wildman–Crippen LogP) is 1.09. The van der Waals surface area contributed by atoms with Gasteiger partial charge in [0.05, 0.1) is 5.69 Å².